The number of aromatic nitrogens is 2. The minimum absolute atomic E-state index is 0.238. The number of rotatable bonds is 2. The fraction of sp³-hybridized carbons (Fsp3) is 0.0909. The Morgan fingerprint density at radius 1 is 1.50 bits per heavy atom. The van der Waals surface area contributed by atoms with Crippen molar-refractivity contribution in [3.8, 4) is 0 Å². The first-order valence-electron chi connectivity index (χ1n) is 4.69. The Balaban J connectivity index is 2.41. The van der Waals surface area contributed by atoms with Gasteiger partial charge in [-0.2, -0.15) is 0 Å². The van der Waals surface area contributed by atoms with Crippen molar-refractivity contribution >= 4 is 23.1 Å². The lowest BCUT2D eigenvalue weighted by Gasteiger charge is -2.01. The van der Waals surface area contributed by atoms with Crippen molar-refractivity contribution in [1.82, 2.24) is 9.97 Å². The van der Waals surface area contributed by atoms with E-state index in [0.29, 0.717) is 16.3 Å². The number of anilines is 1. The SMILES string of the molecule is Cc1c[nH]c(C(=O)c2ccc(N)cc2Cl)n1. The number of carbonyl (C=O) groups is 1. The maximum Gasteiger partial charge on any atom is 0.229 e. The Bertz CT molecular complexity index is 548. The van der Waals surface area contributed by atoms with Crippen molar-refractivity contribution in [2.24, 2.45) is 0 Å². The molecule has 0 aliphatic carbocycles. The molecule has 16 heavy (non-hydrogen) atoms. The lowest BCUT2D eigenvalue weighted by Crippen LogP contribution is -2.05. The number of carbonyl (C=O) groups excluding carboxylic acids is 1. The Kier molecular flexibility index (Phi) is 2.66. The van der Waals surface area contributed by atoms with Gasteiger partial charge in [0.15, 0.2) is 5.82 Å². The summed E-state index contributed by atoms with van der Waals surface area (Å²) in [5, 5.41) is 0.332. The molecule has 0 bridgehead atoms. The van der Waals surface area contributed by atoms with Gasteiger partial charge in [-0.05, 0) is 25.1 Å². The first-order chi connectivity index (χ1) is 7.58. The number of hydrogen-bond donors (Lipinski definition) is 2. The van der Waals surface area contributed by atoms with E-state index in [1.54, 1.807) is 31.3 Å². The van der Waals surface area contributed by atoms with E-state index in [2.05, 4.69) is 9.97 Å². The minimum Gasteiger partial charge on any atom is -0.399 e. The van der Waals surface area contributed by atoms with E-state index in [-0.39, 0.29) is 11.6 Å². The van der Waals surface area contributed by atoms with E-state index in [4.69, 9.17) is 17.3 Å². The second-order valence-corrected chi connectivity index (χ2v) is 3.87. The molecule has 0 amide bonds. The molecule has 1 heterocycles. The summed E-state index contributed by atoms with van der Waals surface area (Å²) in [6.07, 6.45) is 1.67. The standard InChI is InChI=1S/C11H10ClN3O/c1-6-5-14-11(15-6)10(16)8-3-2-7(13)4-9(8)12/h2-5H,13H2,1H3,(H,14,15). The highest BCUT2D eigenvalue weighted by Gasteiger charge is 2.15. The van der Waals surface area contributed by atoms with Gasteiger partial charge in [-0.3, -0.25) is 4.79 Å². The molecule has 3 N–H and O–H groups in total. The predicted octanol–water partition coefficient (Wildman–Crippen LogP) is 2.18. The number of benzene rings is 1. The first-order valence-corrected chi connectivity index (χ1v) is 5.07. The lowest BCUT2D eigenvalue weighted by atomic mass is 10.1. The van der Waals surface area contributed by atoms with Crippen LogP contribution in [0.5, 0.6) is 0 Å². The number of halogens is 1. The highest BCUT2D eigenvalue weighted by Crippen LogP contribution is 2.21. The van der Waals surface area contributed by atoms with Gasteiger partial charge in [0.25, 0.3) is 0 Å². The average Bonchev–Trinajstić information content (AvgIpc) is 2.64. The van der Waals surface area contributed by atoms with Gasteiger partial charge in [-0.15, -0.1) is 0 Å². The molecule has 1 aromatic heterocycles. The number of hydrogen-bond acceptors (Lipinski definition) is 3. The molecular formula is C11H10ClN3O. The molecule has 1 aromatic carbocycles. The van der Waals surface area contributed by atoms with Crippen molar-refractivity contribution in [3.63, 3.8) is 0 Å². The average molecular weight is 236 g/mol. The van der Waals surface area contributed by atoms with Crippen molar-refractivity contribution in [2.75, 3.05) is 5.73 Å². The number of aromatic amines is 1. The van der Waals surface area contributed by atoms with E-state index >= 15 is 0 Å². The second-order valence-electron chi connectivity index (χ2n) is 3.46. The molecule has 0 radical (unpaired) electrons. The summed E-state index contributed by atoms with van der Waals surface area (Å²) < 4.78 is 0. The quantitative estimate of drug-likeness (QED) is 0.619. The molecule has 0 aliphatic heterocycles. The van der Waals surface area contributed by atoms with Gasteiger partial charge in [0.2, 0.25) is 5.78 Å². The number of imidazole rings is 1. The van der Waals surface area contributed by atoms with Gasteiger partial charge in [0.1, 0.15) is 0 Å². The van der Waals surface area contributed by atoms with Crippen LogP contribution in [0, 0.1) is 6.92 Å². The molecule has 0 unspecified atom stereocenters. The van der Waals surface area contributed by atoms with Crippen LogP contribution in [-0.4, -0.2) is 15.8 Å². The van der Waals surface area contributed by atoms with Crippen LogP contribution in [-0.2, 0) is 0 Å². The third-order valence-corrected chi connectivity index (χ3v) is 2.47. The molecule has 5 heteroatoms. The number of nitrogens with one attached hydrogen (secondary N) is 1. The molecule has 4 nitrogen and oxygen atoms in total. The maximum absolute atomic E-state index is 12.0. The van der Waals surface area contributed by atoms with Crippen LogP contribution in [0.15, 0.2) is 24.4 Å². The molecule has 82 valence electrons. The maximum atomic E-state index is 12.0. The molecule has 0 saturated carbocycles. The van der Waals surface area contributed by atoms with Gasteiger partial charge >= 0.3 is 0 Å². The number of aryl methyl sites for hydroxylation is 1. The fourth-order valence-electron chi connectivity index (χ4n) is 1.37. The van der Waals surface area contributed by atoms with Crippen molar-refractivity contribution in [1.29, 1.82) is 0 Å². The van der Waals surface area contributed by atoms with E-state index in [0.717, 1.165) is 5.69 Å². The van der Waals surface area contributed by atoms with Crippen LogP contribution in [0.1, 0.15) is 21.9 Å². The third kappa shape index (κ3) is 1.92. The zero-order chi connectivity index (χ0) is 11.7. The van der Waals surface area contributed by atoms with E-state index < -0.39 is 0 Å². The smallest absolute Gasteiger partial charge is 0.229 e. The molecule has 2 aromatic rings. The zero-order valence-corrected chi connectivity index (χ0v) is 9.38. The number of nitrogen functional groups attached to an aromatic ring is 1. The van der Waals surface area contributed by atoms with Crippen LogP contribution in [0.4, 0.5) is 5.69 Å². The van der Waals surface area contributed by atoms with E-state index in [1.165, 1.54) is 0 Å². The molecule has 0 saturated heterocycles. The molecule has 2 rings (SSSR count). The molecular weight excluding hydrogens is 226 g/mol. The van der Waals surface area contributed by atoms with E-state index in [1.807, 2.05) is 0 Å². The largest absolute Gasteiger partial charge is 0.399 e. The van der Waals surface area contributed by atoms with Crippen LogP contribution in [0.3, 0.4) is 0 Å². The van der Waals surface area contributed by atoms with Crippen molar-refractivity contribution in [2.45, 2.75) is 6.92 Å². The van der Waals surface area contributed by atoms with Crippen LogP contribution in [0.2, 0.25) is 5.02 Å². The molecule has 0 aliphatic rings. The summed E-state index contributed by atoms with van der Waals surface area (Å²) in [5.74, 6) is 0.0438. The number of H-pyrrole nitrogens is 1. The number of nitrogens with two attached hydrogens (primary N) is 1. The Morgan fingerprint density at radius 2 is 2.25 bits per heavy atom. The molecule has 0 spiro atoms. The summed E-state index contributed by atoms with van der Waals surface area (Å²) in [5.41, 5.74) is 7.23. The van der Waals surface area contributed by atoms with Gasteiger partial charge in [-0.25, -0.2) is 4.98 Å². The number of nitrogens with zero attached hydrogens (tertiary/aromatic N) is 1. The van der Waals surface area contributed by atoms with Crippen molar-refractivity contribution < 1.29 is 4.79 Å². The summed E-state index contributed by atoms with van der Waals surface area (Å²) in [6, 6.07) is 4.78. The third-order valence-electron chi connectivity index (χ3n) is 2.16. The van der Waals surface area contributed by atoms with Gasteiger partial charge in [-0.1, -0.05) is 11.6 Å². The van der Waals surface area contributed by atoms with Crippen molar-refractivity contribution in [3.05, 3.63) is 46.5 Å². The Morgan fingerprint density at radius 3 is 2.81 bits per heavy atom. The predicted molar refractivity (Wildman–Crippen MR) is 62.6 cm³/mol. The monoisotopic (exact) mass is 235 g/mol. The molecule has 0 fully saturated rings. The first kappa shape index (κ1) is 10.7. The Labute approximate surface area is 97.5 Å². The topological polar surface area (TPSA) is 71.8 Å². The Hall–Kier alpha value is -1.81. The summed E-state index contributed by atoms with van der Waals surface area (Å²) in [4.78, 5) is 18.8. The highest BCUT2D eigenvalue weighted by atomic mass is 35.5. The lowest BCUT2D eigenvalue weighted by molar-refractivity contribution is 0.103. The molecule has 0 atom stereocenters. The summed E-state index contributed by atoms with van der Waals surface area (Å²) in [7, 11) is 0. The zero-order valence-electron chi connectivity index (χ0n) is 8.62. The normalized spacial score (nSPS) is 10.4. The van der Waals surface area contributed by atoms with Gasteiger partial charge < -0.3 is 10.7 Å². The number of ketones is 1. The summed E-state index contributed by atoms with van der Waals surface area (Å²) in [6.45, 7) is 1.80. The fourth-order valence-corrected chi connectivity index (χ4v) is 1.65. The second kappa shape index (κ2) is 3.98. The van der Waals surface area contributed by atoms with Crippen LogP contribution >= 0.6 is 11.6 Å². The minimum atomic E-state index is -0.238. The summed E-state index contributed by atoms with van der Waals surface area (Å²) >= 11 is 5.94. The van der Waals surface area contributed by atoms with Crippen LogP contribution in [0.25, 0.3) is 0 Å². The van der Waals surface area contributed by atoms with E-state index in [9.17, 15) is 4.79 Å². The van der Waals surface area contributed by atoms with Gasteiger partial charge in [0, 0.05) is 17.4 Å². The van der Waals surface area contributed by atoms with Gasteiger partial charge in [0.05, 0.1) is 10.7 Å². The highest BCUT2D eigenvalue weighted by molar-refractivity contribution is 6.35. The van der Waals surface area contributed by atoms with Crippen LogP contribution < -0.4 is 5.73 Å².